The van der Waals surface area contributed by atoms with Crippen molar-refractivity contribution in [1.29, 1.82) is 0 Å². The topological polar surface area (TPSA) is 21.3 Å². The zero-order chi connectivity index (χ0) is 13.9. The molecule has 0 aromatic heterocycles. The fourth-order valence-corrected chi connectivity index (χ4v) is 2.26. The zero-order valence-corrected chi connectivity index (χ0v) is 13.8. The molecule has 0 atom stereocenters. The molecule has 0 aliphatic rings. The van der Waals surface area contributed by atoms with Crippen LogP contribution in [-0.2, 0) is 0 Å². The predicted octanol–water partition coefficient (Wildman–Crippen LogP) is 4.70. The first-order chi connectivity index (χ1) is 9.24. The summed E-state index contributed by atoms with van der Waals surface area (Å²) in [5.41, 5.74) is 1.20. The third-order valence-electron chi connectivity index (χ3n) is 3.08. The Kier molecular flexibility index (Phi) is 8.93. The van der Waals surface area contributed by atoms with Gasteiger partial charge in [0.05, 0.1) is 6.61 Å². The number of hydrogen-bond acceptors (Lipinski definition) is 2. The average molecular weight is 328 g/mol. The molecule has 0 aliphatic heterocycles. The highest BCUT2D eigenvalue weighted by Gasteiger charge is 2.00. The molecule has 0 heterocycles. The summed E-state index contributed by atoms with van der Waals surface area (Å²) >= 11 is 3.47. The number of aryl methyl sites for hydroxylation is 1. The van der Waals surface area contributed by atoms with Crippen molar-refractivity contribution in [3.8, 4) is 5.75 Å². The molecule has 3 heteroatoms. The lowest BCUT2D eigenvalue weighted by Crippen LogP contribution is -2.15. The second-order valence-corrected chi connectivity index (χ2v) is 5.84. The molecule has 1 aromatic rings. The van der Waals surface area contributed by atoms with Crippen LogP contribution in [0.4, 0.5) is 0 Å². The van der Waals surface area contributed by atoms with Crippen LogP contribution in [0.25, 0.3) is 0 Å². The maximum absolute atomic E-state index is 5.82. The van der Waals surface area contributed by atoms with Crippen LogP contribution in [0.2, 0.25) is 0 Å². The van der Waals surface area contributed by atoms with E-state index in [9.17, 15) is 0 Å². The van der Waals surface area contributed by atoms with Gasteiger partial charge in [-0.1, -0.05) is 41.8 Å². The fourth-order valence-electron chi connectivity index (χ4n) is 1.92. The van der Waals surface area contributed by atoms with E-state index in [1.54, 1.807) is 0 Å². The first-order valence-corrected chi connectivity index (χ1v) is 8.13. The Hall–Kier alpha value is -0.540. The van der Waals surface area contributed by atoms with Gasteiger partial charge in [-0.15, -0.1) is 0 Å². The van der Waals surface area contributed by atoms with E-state index in [-0.39, 0.29) is 0 Å². The average Bonchev–Trinajstić information content (AvgIpc) is 2.40. The van der Waals surface area contributed by atoms with E-state index in [1.807, 2.05) is 12.1 Å². The van der Waals surface area contributed by atoms with Crippen molar-refractivity contribution >= 4 is 15.9 Å². The summed E-state index contributed by atoms with van der Waals surface area (Å²) in [5, 5.41) is 3.43. The van der Waals surface area contributed by atoms with Gasteiger partial charge in [0.1, 0.15) is 5.75 Å². The van der Waals surface area contributed by atoms with Crippen LogP contribution in [0, 0.1) is 6.92 Å². The summed E-state index contributed by atoms with van der Waals surface area (Å²) < 4.78 is 6.90. The molecular weight excluding hydrogens is 302 g/mol. The number of ether oxygens (including phenoxy) is 1. The number of halogens is 1. The first-order valence-electron chi connectivity index (χ1n) is 7.33. The van der Waals surface area contributed by atoms with Crippen molar-refractivity contribution in [2.75, 3.05) is 19.7 Å². The largest absolute Gasteiger partial charge is 0.493 e. The lowest BCUT2D eigenvalue weighted by atomic mass is 10.2. The number of rotatable bonds is 10. The normalized spacial score (nSPS) is 10.7. The Labute approximate surface area is 126 Å². The van der Waals surface area contributed by atoms with Gasteiger partial charge in [0.25, 0.3) is 0 Å². The van der Waals surface area contributed by atoms with Crippen molar-refractivity contribution in [2.45, 2.75) is 46.0 Å². The Morgan fingerprint density at radius 3 is 2.68 bits per heavy atom. The van der Waals surface area contributed by atoms with E-state index in [0.29, 0.717) is 0 Å². The minimum absolute atomic E-state index is 0.819. The van der Waals surface area contributed by atoms with E-state index in [1.165, 1.54) is 31.2 Å². The number of nitrogens with one attached hydrogen (secondary N) is 1. The van der Waals surface area contributed by atoms with Crippen LogP contribution < -0.4 is 10.1 Å². The number of benzene rings is 1. The van der Waals surface area contributed by atoms with Gasteiger partial charge in [-0.25, -0.2) is 0 Å². The van der Waals surface area contributed by atoms with Crippen molar-refractivity contribution in [3.63, 3.8) is 0 Å². The van der Waals surface area contributed by atoms with Crippen molar-refractivity contribution in [3.05, 3.63) is 28.2 Å². The molecule has 108 valence electrons. The second-order valence-electron chi connectivity index (χ2n) is 4.92. The quantitative estimate of drug-likeness (QED) is 0.629. The molecule has 1 aromatic carbocycles. The van der Waals surface area contributed by atoms with Crippen molar-refractivity contribution in [1.82, 2.24) is 5.32 Å². The van der Waals surface area contributed by atoms with Gasteiger partial charge in [-0.2, -0.15) is 0 Å². The molecule has 0 amide bonds. The summed E-state index contributed by atoms with van der Waals surface area (Å²) in [6.45, 7) is 7.40. The summed E-state index contributed by atoms with van der Waals surface area (Å²) in [6.07, 6.45) is 6.17. The van der Waals surface area contributed by atoms with Crippen LogP contribution in [0.15, 0.2) is 22.7 Å². The minimum atomic E-state index is 0.819. The monoisotopic (exact) mass is 327 g/mol. The second kappa shape index (κ2) is 10.3. The van der Waals surface area contributed by atoms with Gasteiger partial charge in [-0.3, -0.25) is 0 Å². The molecule has 0 radical (unpaired) electrons. The molecule has 0 fully saturated rings. The Bertz CT molecular complexity index is 355. The molecule has 0 saturated carbocycles. The summed E-state index contributed by atoms with van der Waals surface area (Å²) in [6, 6.07) is 6.17. The van der Waals surface area contributed by atoms with E-state index < -0.39 is 0 Å². The van der Waals surface area contributed by atoms with Gasteiger partial charge in [0, 0.05) is 4.47 Å². The highest BCUT2D eigenvalue weighted by molar-refractivity contribution is 9.10. The van der Waals surface area contributed by atoms with E-state index >= 15 is 0 Å². The van der Waals surface area contributed by atoms with Crippen LogP contribution in [-0.4, -0.2) is 19.7 Å². The standard InChI is InChI=1S/C16H26BrNO/c1-3-10-18-11-6-4-5-7-12-19-16-13-15(17)9-8-14(16)2/h8-9,13,18H,3-7,10-12H2,1-2H3. The number of hydrogen-bond donors (Lipinski definition) is 1. The van der Waals surface area contributed by atoms with Crippen molar-refractivity contribution in [2.24, 2.45) is 0 Å². The molecule has 0 saturated heterocycles. The Balaban J connectivity index is 2.03. The molecule has 0 unspecified atom stereocenters. The third-order valence-corrected chi connectivity index (χ3v) is 3.58. The molecule has 0 bridgehead atoms. The van der Waals surface area contributed by atoms with Gasteiger partial charge in [-0.05, 0) is 57.0 Å². The van der Waals surface area contributed by atoms with E-state index in [0.717, 1.165) is 36.3 Å². The fraction of sp³-hybridized carbons (Fsp3) is 0.625. The van der Waals surface area contributed by atoms with Crippen LogP contribution in [0.5, 0.6) is 5.75 Å². The minimum Gasteiger partial charge on any atom is -0.493 e. The molecule has 1 N–H and O–H groups in total. The Morgan fingerprint density at radius 2 is 1.89 bits per heavy atom. The first kappa shape index (κ1) is 16.5. The Morgan fingerprint density at radius 1 is 1.11 bits per heavy atom. The van der Waals surface area contributed by atoms with Crippen molar-refractivity contribution < 1.29 is 4.74 Å². The van der Waals surface area contributed by atoms with Gasteiger partial charge in [0.2, 0.25) is 0 Å². The number of unbranched alkanes of at least 4 members (excludes halogenated alkanes) is 3. The lowest BCUT2D eigenvalue weighted by molar-refractivity contribution is 0.302. The van der Waals surface area contributed by atoms with E-state index in [4.69, 9.17) is 4.74 Å². The smallest absolute Gasteiger partial charge is 0.123 e. The van der Waals surface area contributed by atoms with E-state index in [2.05, 4.69) is 41.2 Å². The van der Waals surface area contributed by atoms with Gasteiger partial charge >= 0.3 is 0 Å². The molecule has 19 heavy (non-hydrogen) atoms. The molecule has 0 aliphatic carbocycles. The SMILES string of the molecule is CCCNCCCCCCOc1cc(Br)ccc1C. The summed E-state index contributed by atoms with van der Waals surface area (Å²) in [4.78, 5) is 0. The maximum Gasteiger partial charge on any atom is 0.123 e. The molecule has 1 rings (SSSR count). The maximum atomic E-state index is 5.82. The molecule has 0 spiro atoms. The summed E-state index contributed by atoms with van der Waals surface area (Å²) in [7, 11) is 0. The van der Waals surface area contributed by atoms with Crippen LogP contribution in [0.1, 0.15) is 44.6 Å². The highest BCUT2D eigenvalue weighted by atomic mass is 79.9. The highest BCUT2D eigenvalue weighted by Crippen LogP contribution is 2.23. The third kappa shape index (κ3) is 7.58. The lowest BCUT2D eigenvalue weighted by Gasteiger charge is -2.09. The van der Waals surface area contributed by atoms with Crippen LogP contribution >= 0.6 is 15.9 Å². The molecular formula is C16H26BrNO. The summed E-state index contributed by atoms with van der Waals surface area (Å²) in [5.74, 6) is 0.999. The molecule has 2 nitrogen and oxygen atoms in total. The van der Waals surface area contributed by atoms with Gasteiger partial charge in [0.15, 0.2) is 0 Å². The predicted molar refractivity (Wildman–Crippen MR) is 86.0 cm³/mol. The van der Waals surface area contributed by atoms with Gasteiger partial charge < -0.3 is 10.1 Å². The van der Waals surface area contributed by atoms with Crippen LogP contribution in [0.3, 0.4) is 0 Å². The zero-order valence-electron chi connectivity index (χ0n) is 12.2.